The van der Waals surface area contributed by atoms with E-state index in [1.54, 1.807) is 59.5 Å². The van der Waals surface area contributed by atoms with Crippen LogP contribution in [0.2, 0.25) is 10.0 Å². The first-order valence-corrected chi connectivity index (χ1v) is 12.9. The summed E-state index contributed by atoms with van der Waals surface area (Å²) in [6.45, 7) is 0. The maximum absolute atomic E-state index is 13.8. The molecule has 1 atom stereocenters. The molecule has 0 fully saturated rings. The number of benzene rings is 2. The zero-order valence-corrected chi connectivity index (χ0v) is 22.2. The van der Waals surface area contributed by atoms with Crippen molar-refractivity contribution < 1.29 is 9.12 Å². The lowest BCUT2D eigenvalue weighted by Crippen LogP contribution is -2.36. The minimum atomic E-state index is -0.585. The van der Waals surface area contributed by atoms with E-state index in [1.165, 1.54) is 29.5 Å². The van der Waals surface area contributed by atoms with Gasteiger partial charge >= 0.3 is 0 Å². The predicted molar refractivity (Wildman–Crippen MR) is 147 cm³/mol. The first kappa shape index (κ1) is 25.6. The number of halogens is 3. The third kappa shape index (κ3) is 5.27. The van der Waals surface area contributed by atoms with Crippen molar-refractivity contribution in [2.24, 2.45) is 0 Å². The van der Waals surface area contributed by atoms with Crippen molar-refractivity contribution in [3.05, 3.63) is 130 Å². The fraction of sp³-hybridized carbons (Fsp3) is 0.0714. The van der Waals surface area contributed by atoms with E-state index in [9.17, 15) is 9.60 Å². The number of aromatic nitrogens is 8. The minimum Gasteiger partial charge on any atom is -0.618 e. The Labute approximate surface area is 237 Å². The highest BCUT2D eigenvalue weighted by atomic mass is 35.5. The summed E-state index contributed by atoms with van der Waals surface area (Å²) in [6, 6.07) is 18.9. The fourth-order valence-corrected chi connectivity index (χ4v) is 4.84. The van der Waals surface area contributed by atoms with Gasteiger partial charge in [-0.3, -0.25) is 4.68 Å². The van der Waals surface area contributed by atoms with Crippen LogP contribution in [0.4, 0.5) is 4.39 Å². The molecule has 0 saturated heterocycles. The molecular formula is C28H19Cl2FN8O. The average molecular weight is 573 g/mol. The Hall–Kier alpha value is -4.67. The molecule has 6 rings (SSSR count). The smallest absolute Gasteiger partial charge is 0.217 e. The van der Waals surface area contributed by atoms with Crippen LogP contribution in [0.1, 0.15) is 17.3 Å². The van der Waals surface area contributed by atoms with Gasteiger partial charge < -0.3 is 5.21 Å². The highest BCUT2D eigenvalue weighted by Crippen LogP contribution is 2.31. The number of rotatable bonds is 7. The summed E-state index contributed by atoms with van der Waals surface area (Å²) in [6.07, 6.45) is 8.24. The van der Waals surface area contributed by atoms with Crippen LogP contribution in [0.15, 0.2) is 97.8 Å². The van der Waals surface area contributed by atoms with Crippen LogP contribution in [0, 0.1) is 11.2 Å². The molecule has 2 aromatic carbocycles. The third-order valence-corrected chi connectivity index (χ3v) is 6.96. The van der Waals surface area contributed by atoms with E-state index in [-0.39, 0.29) is 0 Å². The fourth-order valence-electron chi connectivity index (χ4n) is 4.54. The molecule has 9 nitrogen and oxygen atoms in total. The zero-order chi connectivity index (χ0) is 27.6. The molecule has 4 aromatic heterocycles. The molecule has 0 saturated carbocycles. The van der Waals surface area contributed by atoms with Crippen LogP contribution in [0.25, 0.3) is 27.9 Å². The van der Waals surface area contributed by atoms with Gasteiger partial charge in [0.25, 0.3) is 0 Å². The van der Waals surface area contributed by atoms with Gasteiger partial charge in [-0.15, -0.1) is 5.10 Å². The first-order valence-electron chi connectivity index (χ1n) is 12.1. The summed E-state index contributed by atoms with van der Waals surface area (Å²) >= 11 is 12.4. The number of pyridine rings is 2. The molecule has 0 aliphatic rings. The lowest BCUT2D eigenvalue weighted by molar-refractivity contribution is -0.615. The monoisotopic (exact) mass is 572 g/mol. The molecule has 0 bridgehead atoms. The van der Waals surface area contributed by atoms with Crippen LogP contribution >= 0.6 is 23.2 Å². The van der Waals surface area contributed by atoms with E-state index in [2.05, 4.69) is 25.6 Å². The number of nitrogens with zero attached hydrogens (tertiary/aromatic N) is 8. The molecule has 0 aliphatic carbocycles. The summed E-state index contributed by atoms with van der Waals surface area (Å²) in [5, 5.41) is 30.7. The highest BCUT2D eigenvalue weighted by molar-refractivity contribution is 6.31. The van der Waals surface area contributed by atoms with Crippen molar-refractivity contribution in [3.8, 4) is 27.9 Å². The van der Waals surface area contributed by atoms with Crippen LogP contribution in [0.5, 0.6) is 0 Å². The van der Waals surface area contributed by atoms with Crippen molar-refractivity contribution >= 4 is 23.2 Å². The molecule has 0 amide bonds. The summed E-state index contributed by atoms with van der Waals surface area (Å²) in [7, 11) is 0. The van der Waals surface area contributed by atoms with Crippen molar-refractivity contribution in [2.75, 3.05) is 0 Å². The molecule has 40 heavy (non-hydrogen) atoms. The quantitative estimate of drug-likeness (QED) is 0.142. The highest BCUT2D eigenvalue weighted by Gasteiger charge is 2.25. The average Bonchev–Trinajstić information content (AvgIpc) is 3.66. The van der Waals surface area contributed by atoms with E-state index in [4.69, 9.17) is 23.2 Å². The number of tetrazole rings is 1. The topological polar surface area (TPSA) is 101 Å². The van der Waals surface area contributed by atoms with Crippen molar-refractivity contribution in [2.45, 2.75) is 12.5 Å². The number of hydrogen-bond donors (Lipinski definition) is 0. The Morgan fingerprint density at radius 3 is 2.50 bits per heavy atom. The van der Waals surface area contributed by atoms with Crippen LogP contribution in [0.3, 0.4) is 0 Å². The van der Waals surface area contributed by atoms with E-state index in [0.29, 0.717) is 50.1 Å². The van der Waals surface area contributed by atoms with Gasteiger partial charge in [-0.25, -0.2) is 4.98 Å². The van der Waals surface area contributed by atoms with Crippen LogP contribution in [-0.4, -0.2) is 35.0 Å². The molecule has 0 N–H and O–H groups in total. The van der Waals surface area contributed by atoms with Crippen molar-refractivity contribution in [1.29, 1.82) is 0 Å². The second kappa shape index (κ2) is 10.8. The molecule has 4 heterocycles. The van der Waals surface area contributed by atoms with Crippen LogP contribution < -0.4 is 4.73 Å². The Balaban J connectivity index is 1.42. The Morgan fingerprint density at radius 2 is 1.75 bits per heavy atom. The predicted octanol–water partition coefficient (Wildman–Crippen LogP) is 5.50. The summed E-state index contributed by atoms with van der Waals surface area (Å²) < 4.78 is 17.8. The van der Waals surface area contributed by atoms with Crippen molar-refractivity contribution in [3.63, 3.8) is 0 Å². The standard InChI is InChI=1S/C28H19Cl2FN8O/c29-22-4-1-18(2-5-22)11-27(37-15-21(14-34-37)19-9-10-32-28(31)12-19)26-7-3-20(16-39(26)40)24-13-23(30)6-8-25(24)38-17-33-35-36-38/h1-10,12-17,27H,11H2. The van der Waals surface area contributed by atoms with Gasteiger partial charge in [-0.1, -0.05) is 35.3 Å². The zero-order valence-electron chi connectivity index (χ0n) is 20.6. The Morgan fingerprint density at radius 1 is 0.925 bits per heavy atom. The largest absolute Gasteiger partial charge is 0.618 e. The van der Waals surface area contributed by atoms with Gasteiger partial charge in [-0.05, 0) is 64.0 Å². The Kier molecular flexibility index (Phi) is 6.93. The van der Waals surface area contributed by atoms with E-state index in [0.717, 1.165) is 10.3 Å². The summed E-state index contributed by atoms with van der Waals surface area (Å²) in [5.74, 6) is -0.585. The van der Waals surface area contributed by atoms with Gasteiger partial charge in [0.05, 0.1) is 11.9 Å². The molecule has 0 spiro atoms. The molecule has 0 radical (unpaired) electrons. The maximum atomic E-state index is 13.8. The third-order valence-electron chi connectivity index (χ3n) is 6.47. The van der Waals surface area contributed by atoms with E-state index >= 15 is 0 Å². The summed E-state index contributed by atoms with van der Waals surface area (Å²) in [4.78, 5) is 3.62. The van der Waals surface area contributed by atoms with Gasteiger partial charge in [0.15, 0.2) is 6.20 Å². The summed E-state index contributed by atoms with van der Waals surface area (Å²) in [5.41, 5.74) is 4.73. The first-order chi connectivity index (χ1) is 19.4. The van der Waals surface area contributed by atoms with E-state index < -0.39 is 12.0 Å². The SMILES string of the molecule is [O-][n+]1cc(-c2cc(Cl)ccc2-n2cnnn2)ccc1C(Cc1ccc(Cl)cc1)n1cc(-c2ccnc(F)c2)cn1. The molecule has 1 unspecified atom stereocenters. The van der Waals surface area contributed by atoms with E-state index in [1.807, 2.05) is 18.2 Å². The van der Waals surface area contributed by atoms with Gasteiger partial charge in [0.1, 0.15) is 12.4 Å². The van der Waals surface area contributed by atoms with Crippen molar-refractivity contribution in [1.82, 2.24) is 35.0 Å². The lowest BCUT2D eigenvalue weighted by atomic mass is 10.0. The second-order valence-corrected chi connectivity index (χ2v) is 9.88. The number of hydrogen-bond acceptors (Lipinski definition) is 6. The minimum absolute atomic E-state index is 0.456. The van der Waals surface area contributed by atoms with Crippen LogP contribution in [-0.2, 0) is 6.42 Å². The van der Waals surface area contributed by atoms with Gasteiger partial charge in [0, 0.05) is 57.7 Å². The second-order valence-electron chi connectivity index (χ2n) is 9.01. The molecule has 6 aromatic rings. The molecule has 12 heteroatoms. The normalized spacial score (nSPS) is 12.0. The molecular weight excluding hydrogens is 554 g/mol. The molecule has 198 valence electrons. The molecule has 0 aliphatic heterocycles. The maximum Gasteiger partial charge on any atom is 0.217 e. The van der Waals surface area contributed by atoms with Gasteiger partial charge in [-0.2, -0.15) is 18.9 Å². The lowest BCUT2D eigenvalue weighted by Gasteiger charge is -2.18. The van der Waals surface area contributed by atoms with Gasteiger partial charge in [0.2, 0.25) is 11.6 Å². The Bertz CT molecular complexity index is 1790.